The molecule has 0 radical (unpaired) electrons. The number of rotatable bonds is 5. The van der Waals surface area contributed by atoms with Crippen molar-refractivity contribution in [2.45, 2.75) is 79.1 Å². The van der Waals surface area contributed by atoms with Gasteiger partial charge in [-0.3, -0.25) is 0 Å². The molecule has 1 aliphatic carbocycles. The molecular formula is C15H30. The fourth-order valence-corrected chi connectivity index (χ4v) is 3.45. The minimum Gasteiger partial charge on any atom is -0.0654 e. The van der Waals surface area contributed by atoms with E-state index in [4.69, 9.17) is 0 Å². The van der Waals surface area contributed by atoms with Gasteiger partial charge in [0.1, 0.15) is 0 Å². The summed E-state index contributed by atoms with van der Waals surface area (Å²) in [5.41, 5.74) is 0.671. The average Bonchev–Trinajstić information content (AvgIpc) is 2.23. The molecule has 90 valence electrons. The quantitative estimate of drug-likeness (QED) is 0.568. The Bertz CT molecular complexity index is 173. The van der Waals surface area contributed by atoms with Crippen molar-refractivity contribution < 1.29 is 0 Å². The van der Waals surface area contributed by atoms with Crippen molar-refractivity contribution in [2.75, 3.05) is 0 Å². The van der Waals surface area contributed by atoms with Crippen LogP contribution in [0, 0.1) is 17.3 Å². The van der Waals surface area contributed by atoms with E-state index in [0.29, 0.717) is 5.41 Å². The number of hydrogen-bond acceptors (Lipinski definition) is 0. The third-order valence-corrected chi connectivity index (χ3v) is 4.71. The summed E-state index contributed by atoms with van der Waals surface area (Å²) in [5.74, 6) is 2.09. The molecule has 0 aliphatic heterocycles. The van der Waals surface area contributed by atoms with Gasteiger partial charge in [0.25, 0.3) is 0 Å². The van der Waals surface area contributed by atoms with E-state index in [2.05, 4.69) is 27.7 Å². The molecule has 1 rings (SSSR count). The average molecular weight is 210 g/mol. The Hall–Kier alpha value is 0. The highest BCUT2D eigenvalue weighted by Crippen LogP contribution is 2.47. The van der Waals surface area contributed by atoms with Crippen LogP contribution >= 0.6 is 0 Å². The zero-order valence-electron chi connectivity index (χ0n) is 11.3. The van der Waals surface area contributed by atoms with Crippen molar-refractivity contribution in [2.24, 2.45) is 17.3 Å². The lowest BCUT2D eigenvalue weighted by Crippen LogP contribution is -2.31. The van der Waals surface area contributed by atoms with E-state index in [0.717, 1.165) is 11.8 Å². The van der Waals surface area contributed by atoms with Crippen molar-refractivity contribution in [3.63, 3.8) is 0 Å². The first-order chi connectivity index (χ1) is 7.15. The van der Waals surface area contributed by atoms with Gasteiger partial charge in [-0.05, 0) is 36.5 Å². The van der Waals surface area contributed by atoms with E-state index in [1.807, 2.05) is 0 Å². The summed E-state index contributed by atoms with van der Waals surface area (Å²) in [5, 5.41) is 0. The van der Waals surface area contributed by atoms with Crippen molar-refractivity contribution in [3.8, 4) is 0 Å². The smallest absolute Gasteiger partial charge is 0.0326 e. The Morgan fingerprint density at radius 1 is 1.00 bits per heavy atom. The predicted molar refractivity (Wildman–Crippen MR) is 69.0 cm³/mol. The zero-order valence-corrected chi connectivity index (χ0v) is 11.3. The van der Waals surface area contributed by atoms with Crippen LogP contribution in [0.5, 0.6) is 0 Å². The van der Waals surface area contributed by atoms with Gasteiger partial charge in [-0.15, -0.1) is 0 Å². The van der Waals surface area contributed by atoms with Gasteiger partial charge in [0.05, 0.1) is 0 Å². The molecular weight excluding hydrogens is 180 g/mol. The molecule has 0 nitrogen and oxygen atoms in total. The van der Waals surface area contributed by atoms with E-state index in [1.54, 1.807) is 0 Å². The Kier molecular flexibility index (Phi) is 5.15. The summed E-state index contributed by atoms with van der Waals surface area (Å²) in [6.07, 6.45) is 11.6. The molecule has 0 aromatic heterocycles. The van der Waals surface area contributed by atoms with E-state index < -0.39 is 0 Å². The van der Waals surface area contributed by atoms with Crippen LogP contribution in [0.1, 0.15) is 79.1 Å². The topological polar surface area (TPSA) is 0 Å². The molecule has 0 spiro atoms. The van der Waals surface area contributed by atoms with E-state index in [1.165, 1.54) is 51.4 Å². The fourth-order valence-electron chi connectivity index (χ4n) is 3.45. The minimum atomic E-state index is 0.671. The van der Waals surface area contributed by atoms with Gasteiger partial charge in [-0.25, -0.2) is 0 Å². The van der Waals surface area contributed by atoms with Crippen LogP contribution in [0.2, 0.25) is 0 Å². The van der Waals surface area contributed by atoms with Crippen molar-refractivity contribution in [1.82, 2.24) is 0 Å². The van der Waals surface area contributed by atoms with Gasteiger partial charge in [-0.1, -0.05) is 59.8 Å². The van der Waals surface area contributed by atoms with Crippen LogP contribution in [0.4, 0.5) is 0 Å². The maximum atomic E-state index is 2.51. The highest BCUT2D eigenvalue weighted by molar-refractivity contribution is 4.86. The molecule has 15 heavy (non-hydrogen) atoms. The summed E-state index contributed by atoms with van der Waals surface area (Å²) < 4.78 is 0. The standard InChI is InChI=1S/C15H30/c1-5-8-13-10-11-15(4,7-3)12-14(13)9-6-2/h13-14H,5-12H2,1-4H3. The van der Waals surface area contributed by atoms with Crippen LogP contribution in [-0.4, -0.2) is 0 Å². The van der Waals surface area contributed by atoms with E-state index in [-0.39, 0.29) is 0 Å². The zero-order chi connectivity index (χ0) is 11.3. The Balaban J connectivity index is 2.56. The molecule has 0 heterocycles. The molecule has 0 aromatic rings. The van der Waals surface area contributed by atoms with E-state index in [9.17, 15) is 0 Å². The lowest BCUT2D eigenvalue weighted by molar-refractivity contribution is 0.0866. The first-order valence-corrected chi connectivity index (χ1v) is 7.15. The van der Waals surface area contributed by atoms with Gasteiger partial charge < -0.3 is 0 Å². The first kappa shape index (κ1) is 13.1. The molecule has 0 aromatic carbocycles. The molecule has 1 aliphatic rings. The van der Waals surface area contributed by atoms with Gasteiger partial charge in [0.15, 0.2) is 0 Å². The number of hydrogen-bond donors (Lipinski definition) is 0. The molecule has 0 bridgehead atoms. The molecule has 0 heteroatoms. The molecule has 0 amide bonds. The Morgan fingerprint density at radius 2 is 1.60 bits per heavy atom. The summed E-state index contributed by atoms with van der Waals surface area (Å²) in [7, 11) is 0. The molecule has 0 saturated heterocycles. The van der Waals surface area contributed by atoms with E-state index >= 15 is 0 Å². The minimum absolute atomic E-state index is 0.671. The third kappa shape index (κ3) is 3.50. The van der Waals surface area contributed by atoms with Crippen LogP contribution in [0.25, 0.3) is 0 Å². The highest BCUT2D eigenvalue weighted by atomic mass is 14.4. The van der Waals surface area contributed by atoms with Crippen molar-refractivity contribution in [3.05, 3.63) is 0 Å². The van der Waals surface area contributed by atoms with Crippen molar-refractivity contribution in [1.29, 1.82) is 0 Å². The second kappa shape index (κ2) is 5.92. The maximum Gasteiger partial charge on any atom is -0.0326 e. The van der Waals surface area contributed by atoms with Gasteiger partial charge in [0.2, 0.25) is 0 Å². The normalized spacial score (nSPS) is 36.8. The first-order valence-electron chi connectivity index (χ1n) is 7.15. The van der Waals surface area contributed by atoms with Crippen LogP contribution in [0.3, 0.4) is 0 Å². The Morgan fingerprint density at radius 3 is 2.13 bits per heavy atom. The fraction of sp³-hybridized carbons (Fsp3) is 1.00. The summed E-state index contributed by atoms with van der Waals surface area (Å²) in [4.78, 5) is 0. The monoisotopic (exact) mass is 210 g/mol. The SMILES string of the molecule is CCCC1CCC(C)(CC)CC1CCC. The van der Waals surface area contributed by atoms with Gasteiger partial charge in [-0.2, -0.15) is 0 Å². The van der Waals surface area contributed by atoms with Gasteiger partial charge >= 0.3 is 0 Å². The second-order valence-electron chi connectivity index (χ2n) is 6.00. The van der Waals surface area contributed by atoms with Gasteiger partial charge in [0, 0.05) is 0 Å². The molecule has 3 unspecified atom stereocenters. The lowest BCUT2D eigenvalue weighted by atomic mass is 9.63. The van der Waals surface area contributed by atoms with Crippen LogP contribution in [-0.2, 0) is 0 Å². The largest absolute Gasteiger partial charge is 0.0654 e. The van der Waals surface area contributed by atoms with Crippen LogP contribution in [0.15, 0.2) is 0 Å². The Labute approximate surface area is 96.8 Å². The lowest BCUT2D eigenvalue weighted by Gasteiger charge is -2.42. The maximum absolute atomic E-state index is 2.51. The van der Waals surface area contributed by atoms with Crippen molar-refractivity contribution >= 4 is 0 Å². The summed E-state index contributed by atoms with van der Waals surface area (Å²) in [6.45, 7) is 9.58. The molecule has 3 atom stereocenters. The predicted octanol–water partition coefficient (Wildman–Crippen LogP) is 5.42. The summed E-state index contributed by atoms with van der Waals surface area (Å²) in [6, 6.07) is 0. The second-order valence-corrected chi connectivity index (χ2v) is 6.00. The molecule has 1 fully saturated rings. The third-order valence-electron chi connectivity index (χ3n) is 4.71. The molecule has 1 saturated carbocycles. The van der Waals surface area contributed by atoms with Crippen LogP contribution < -0.4 is 0 Å². The summed E-state index contributed by atoms with van der Waals surface area (Å²) >= 11 is 0. The molecule has 0 N–H and O–H groups in total. The highest BCUT2D eigenvalue weighted by Gasteiger charge is 2.35.